The molecule has 1 fully saturated rings. The number of aryl methyl sites for hydroxylation is 2. The molecule has 1 aliphatic carbocycles. The van der Waals surface area contributed by atoms with E-state index in [9.17, 15) is 4.79 Å². The zero-order valence-electron chi connectivity index (χ0n) is 11.9. The summed E-state index contributed by atoms with van der Waals surface area (Å²) in [6, 6.07) is 0.510. The molecule has 2 rings (SSSR count). The fourth-order valence-electron chi connectivity index (χ4n) is 3.05. The third-order valence-corrected chi connectivity index (χ3v) is 4.03. The maximum atomic E-state index is 11.1. The lowest BCUT2D eigenvalue weighted by Crippen LogP contribution is -2.37. The molecule has 0 bridgehead atoms. The molecule has 3 unspecified atom stereocenters. The summed E-state index contributed by atoms with van der Waals surface area (Å²) >= 11 is 0. The first-order chi connectivity index (χ1) is 8.97. The first-order valence-electron chi connectivity index (χ1n) is 6.96. The number of carboxylic acids is 1. The van der Waals surface area contributed by atoms with Crippen LogP contribution in [0.5, 0.6) is 0 Å². The minimum atomic E-state index is -0.656. The molecule has 19 heavy (non-hydrogen) atoms. The molecule has 1 saturated carbocycles. The van der Waals surface area contributed by atoms with Crippen LogP contribution < -0.4 is 5.32 Å². The molecular formula is C14H23N3O2. The number of nitrogens with one attached hydrogen (secondary N) is 1. The standard InChI is InChI=1S/C14H23N3O2/c1-9(13-8-17(3)16-10(13)2)15-12-6-4-5-11(7-12)14(18)19/h8-9,11-12,15H,4-7H2,1-3H3,(H,18,19). The van der Waals surface area contributed by atoms with Crippen LogP contribution in [0.2, 0.25) is 0 Å². The van der Waals surface area contributed by atoms with Gasteiger partial charge < -0.3 is 10.4 Å². The van der Waals surface area contributed by atoms with Crippen LogP contribution in [0, 0.1) is 12.8 Å². The highest BCUT2D eigenvalue weighted by atomic mass is 16.4. The SMILES string of the molecule is Cc1nn(C)cc1C(C)NC1CCCC(C(=O)O)C1. The van der Waals surface area contributed by atoms with Gasteiger partial charge in [-0.1, -0.05) is 6.42 Å². The van der Waals surface area contributed by atoms with Crippen LogP contribution in [0.1, 0.15) is 49.9 Å². The zero-order chi connectivity index (χ0) is 14.0. The number of nitrogens with zero attached hydrogens (tertiary/aromatic N) is 2. The van der Waals surface area contributed by atoms with Gasteiger partial charge in [0.05, 0.1) is 11.6 Å². The second-order valence-electron chi connectivity index (χ2n) is 5.63. The summed E-state index contributed by atoms with van der Waals surface area (Å²) in [6.07, 6.45) is 5.64. The Balaban J connectivity index is 1.97. The Labute approximate surface area is 114 Å². The van der Waals surface area contributed by atoms with Gasteiger partial charge in [-0.25, -0.2) is 0 Å². The lowest BCUT2D eigenvalue weighted by molar-refractivity contribution is -0.143. The molecule has 3 atom stereocenters. The van der Waals surface area contributed by atoms with E-state index in [4.69, 9.17) is 5.11 Å². The van der Waals surface area contributed by atoms with Crippen LogP contribution in [-0.4, -0.2) is 26.9 Å². The Morgan fingerprint density at radius 3 is 2.89 bits per heavy atom. The van der Waals surface area contributed by atoms with Crippen molar-refractivity contribution < 1.29 is 9.90 Å². The van der Waals surface area contributed by atoms with Crippen LogP contribution in [0.15, 0.2) is 6.20 Å². The van der Waals surface area contributed by atoms with Crippen LogP contribution >= 0.6 is 0 Å². The van der Waals surface area contributed by atoms with E-state index in [1.54, 1.807) is 0 Å². The molecule has 1 heterocycles. The first-order valence-corrected chi connectivity index (χ1v) is 6.96. The second-order valence-corrected chi connectivity index (χ2v) is 5.63. The number of carbonyl (C=O) groups is 1. The Morgan fingerprint density at radius 2 is 2.32 bits per heavy atom. The summed E-state index contributed by atoms with van der Waals surface area (Å²) in [5, 5.41) is 17.0. The Kier molecular flexibility index (Phi) is 4.24. The van der Waals surface area contributed by atoms with Crippen molar-refractivity contribution >= 4 is 5.97 Å². The predicted octanol–water partition coefficient (Wildman–Crippen LogP) is 2.02. The highest BCUT2D eigenvalue weighted by Crippen LogP contribution is 2.27. The topological polar surface area (TPSA) is 67.2 Å². The molecule has 0 aliphatic heterocycles. The molecule has 2 N–H and O–H groups in total. The highest BCUT2D eigenvalue weighted by Gasteiger charge is 2.28. The number of hydrogen-bond donors (Lipinski definition) is 2. The van der Waals surface area contributed by atoms with E-state index in [0.29, 0.717) is 6.04 Å². The normalized spacial score (nSPS) is 25.2. The van der Waals surface area contributed by atoms with Gasteiger partial charge in [0.25, 0.3) is 0 Å². The maximum Gasteiger partial charge on any atom is 0.306 e. The predicted molar refractivity (Wildman–Crippen MR) is 72.9 cm³/mol. The summed E-state index contributed by atoms with van der Waals surface area (Å²) in [5.74, 6) is -0.842. The number of carboxylic acid groups (broad SMARTS) is 1. The molecule has 1 aromatic rings. The van der Waals surface area contributed by atoms with Crippen molar-refractivity contribution in [3.8, 4) is 0 Å². The van der Waals surface area contributed by atoms with Crippen LogP contribution in [0.3, 0.4) is 0 Å². The van der Waals surface area contributed by atoms with E-state index in [-0.39, 0.29) is 12.0 Å². The highest BCUT2D eigenvalue weighted by molar-refractivity contribution is 5.70. The third-order valence-electron chi connectivity index (χ3n) is 4.03. The van der Waals surface area contributed by atoms with E-state index < -0.39 is 5.97 Å². The summed E-state index contributed by atoms with van der Waals surface area (Å²) in [4.78, 5) is 11.1. The number of aliphatic carboxylic acids is 1. The zero-order valence-corrected chi connectivity index (χ0v) is 11.9. The van der Waals surface area contributed by atoms with Gasteiger partial charge in [-0.3, -0.25) is 9.48 Å². The molecule has 1 aliphatic rings. The van der Waals surface area contributed by atoms with Gasteiger partial charge in [0.2, 0.25) is 0 Å². The second kappa shape index (κ2) is 5.74. The molecule has 5 nitrogen and oxygen atoms in total. The van der Waals surface area contributed by atoms with Crippen molar-refractivity contribution in [2.45, 2.75) is 51.6 Å². The Morgan fingerprint density at radius 1 is 1.58 bits per heavy atom. The molecule has 0 amide bonds. The largest absolute Gasteiger partial charge is 0.481 e. The lowest BCUT2D eigenvalue weighted by Gasteiger charge is -2.30. The summed E-state index contributed by atoms with van der Waals surface area (Å²) in [6.45, 7) is 4.13. The average molecular weight is 265 g/mol. The molecule has 5 heteroatoms. The lowest BCUT2D eigenvalue weighted by atomic mass is 9.85. The minimum Gasteiger partial charge on any atom is -0.481 e. The fraction of sp³-hybridized carbons (Fsp3) is 0.714. The minimum absolute atomic E-state index is 0.187. The van der Waals surface area contributed by atoms with Crippen molar-refractivity contribution in [2.75, 3.05) is 0 Å². The number of aromatic nitrogens is 2. The van der Waals surface area contributed by atoms with Gasteiger partial charge >= 0.3 is 5.97 Å². The van der Waals surface area contributed by atoms with Gasteiger partial charge in [-0.2, -0.15) is 5.10 Å². The van der Waals surface area contributed by atoms with E-state index in [2.05, 4.69) is 17.3 Å². The smallest absolute Gasteiger partial charge is 0.306 e. The van der Waals surface area contributed by atoms with Crippen molar-refractivity contribution in [1.29, 1.82) is 0 Å². The molecule has 1 aromatic heterocycles. The van der Waals surface area contributed by atoms with Crippen LogP contribution in [0.4, 0.5) is 0 Å². The Bertz CT molecular complexity index is 456. The van der Waals surface area contributed by atoms with Gasteiger partial charge in [0.15, 0.2) is 0 Å². The summed E-state index contributed by atoms with van der Waals surface area (Å²) in [7, 11) is 1.92. The van der Waals surface area contributed by atoms with Crippen molar-refractivity contribution in [3.05, 3.63) is 17.5 Å². The van der Waals surface area contributed by atoms with E-state index in [0.717, 1.165) is 31.4 Å². The number of rotatable bonds is 4. The molecule has 106 valence electrons. The number of hydrogen-bond acceptors (Lipinski definition) is 3. The first kappa shape index (κ1) is 14.1. The van der Waals surface area contributed by atoms with Crippen molar-refractivity contribution in [1.82, 2.24) is 15.1 Å². The van der Waals surface area contributed by atoms with E-state index in [1.165, 1.54) is 5.56 Å². The van der Waals surface area contributed by atoms with Crippen LogP contribution in [-0.2, 0) is 11.8 Å². The Hall–Kier alpha value is -1.36. The van der Waals surface area contributed by atoms with Gasteiger partial charge in [0.1, 0.15) is 0 Å². The molecule has 0 saturated heterocycles. The maximum absolute atomic E-state index is 11.1. The van der Waals surface area contributed by atoms with Crippen molar-refractivity contribution in [3.63, 3.8) is 0 Å². The summed E-state index contributed by atoms with van der Waals surface area (Å²) in [5.41, 5.74) is 2.23. The molecule has 0 radical (unpaired) electrons. The van der Waals surface area contributed by atoms with Gasteiger partial charge in [-0.05, 0) is 33.1 Å². The molecule has 0 aromatic carbocycles. The summed E-state index contributed by atoms with van der Waals surface area (Å²) < 4.78 is 1.82. The van der Waals surface area contributed by atoms with Gasteiger partial charge in [0, 0.05) is 30.9 Å². The fourth-order valence-corrected chi connectivity index (χ4v) is 3.05. The van der Waals surface area contributed by atoms with Crippen LogP contribution in [0.25, 0.3) is 0 Å². The van der Waals surface area contributed by atoms with Gasteiger partial charge in [-0.15, -0.1) is 0 Å². The molecule has 0 spiro atoms. The average Bonchev–Trinajstić information content (AvgIpc) is 2.69. The van der Waals surface area contributed by atoms with Crippen molar-refractivity contribution in [2.24, 2.45) is 13.0 Å². The quantitative estimate of drug-likeness (QED) is 0.874. The molecular weight excluding hydrogens is 242 g/mol. The van der Waals surface area contributed by atoms with E-state index in [1.807, 2.05) is 24.9 Å². The van der Waals surface area contributed by atoms with E-state index >= 15 is 0 Å². The third kappa shape index (κ3) is 3.35. The monoisotopic (exact) mass is 265 g/mol.